The molecular weight excluding hydrogens is 1060 g/mol. The second kappa shape index (κ2) is 20.3. The molecule has 9 aromatic rings. The number of aryl methyl sites for hydroxylation is 2. The Kier molecular flexibility index (Phi) is 12.7. The molecule has 0 atom stereocenters. The summed E-state index contributed by atoms with van der Waals surface area (Å²) in [4.78, 5) is 15.8. The molecule has 1 fully saturated rings. The van der Waals surface area contributed by atoms with Crippen LogP contribution < -0.4 is 4.40 Å². The Morgan fingerprint density at radius 1 is 0.803 bits per heavy atom. The van der Waals surface area contributed by atoms with E-state index in [2.05, 4.69) is 159 Å². The first-order valence-corrected chi connectivity index (χ1v) is 31.4. The molecule has 0 spiro atoms. The smallest absolute Gasteiger partial charge is 0 e. The monoisotopic (exact) mass is 1130 g/mol. The molecule has 0 unspecified atom stereocenters. The number of hydrogen-bond donors (Lipinski definition) is 0. The van der Waals surface area contributed by atoms with E-state index in [0.29, 0.717) is 23.1 Å². The fraction of sp³-hybridized carbons (Fsp3) is 0.305. The Labute approximate surface area is 420 Å². The number of nitrogens with zero attached hydrogens (tertiary/aromatic N) is 4. The largest absolute Gasteiger partial charge is 0 e. The summed E-state index contributed by atoms with van der Waals surface area (Å²) in [6.07, 6.45) is 5.74. The molecule has 7 heteroatoms. The third-order valence-electron chi connectivity index (χ3n) is 12.7. The van der Waals surface area contributed by atoms with E-state index in [9.17, 15) is 0 Å². The maximum absolute atomic E-state index is 9.04. The van der Waals surface area contributed by atoms with E-state index >= 15 is 0 Å². The average molecular weight is 1130 g/mol. The molecule has 0 saturated heterocycles. The molecule has 339 valence electrons. The number of aromatic nitrogens is 4. The Morgan fingerprint density at radius 3 is 2.21 bits per heavy atom. The fourth-order valence-corrected chi connectivity index (χ4v) is 13.4. The second-order valence-corrected chi connectivity index (χ2v) is 30.8. The molecule has 4 heterocycles. The van der Waals surface area contributed by atoms with Crippen molar-refractivity contribution in [2.75, 3.05) is 0 Å². The van der Waals surface area contributed by atoms with E-state index in [0.717, 1.165) is 68.6 Å². The van der Waals surface area contributed by atoms with Crippen molar-refractivity contribution < 1.29 is 27.0 Å². The van der Waals surface area contributed by atoms with Gasteiger partial charge in [-0.05, 0) is 81.4 Å². The minimum absolute atomic E-state index is 0. The third-order valence-corrected chi connectivity index (χ3v) is 18.1. The zero-order valence-electron chi connectivity index (χ0n) is 44.3. The van der Waals surface area contributed by atoms with Crippen LogP contribution in [0.4, 0.5) is 0 Å². The van der Waals surface area contributed by atoms with Gasteiger partial charge in [0.25, 0.3) is 0 Å². The van der Waals surface area contributed by atoms with Crippen LogP contribution in [0.15, 0.2) is 121 Å². The third kappa shape index (κ3) is 9.95. The molecular formula is C59H62GeIrN4S-2. The van der Waals surface area contributed by atoms with Crippen molar-refractivity contribution in [1.82, 2.24) is 19.5 Å². The van der Waals surface area contributed by atoms with Crippen molar-refractivity contribution in [3.63, 3.8) is 0 Å². The minimum atomic E-state index is -2.35. The molecule has 0 N–H and O–H groups in total. The first kappa shape index (κ1) is 41.5. The van der Waals surface area contributed by atoms with Gasteiger partial charge < -0.3 is 4.57 Å². The van der Waals surface area contributed by atoms with Gasteiger partial charge in [-0.15, -0.1) is 18.2 Å². The number of para-hydroxylation sites is 2. The van der Waals surface area contributed by atoms with Gasteiger partial charge in [-0.2, -0.15) is 11.3 Å². The summed E-state index contributed by atoms with van der Waals surface area (Å²) in [6, 6.07) is 45.9. The van der Waals surface area contributed by atoms with Crippen LogP contribution in [0, 0.1) is 31.8 Å². The Bertz CT molecular complexity index is 3300. The van der Waals surface area contributed by atoms with E-state index in [1.807, 2.05) is 18.3 Å². The summed E-state index contributed by atoms with van der Waals surface area (Å²) in [5, 5.41) is 2.39. The van der Waals surface area contributed by atoms with Crippen molar-refractivity contribution >= 4 is 60.3 Å². The number of hydrogen-bond acceptors (Lipinski definition) is 4. The number of thiophene rings is 1. The Balaban J connectivity index is 0.000000200. The fourth-order valence-electron chi connectivity index (χ4n) is 9.29. The number of pyridine rings is 2. The minimum Gasteiger partial charge on any atom is 0 e. The van der Waals surface area contributed by atoms with Crippen LogP contribution in [-0.4, -0.2) is 32.8 Å². The van der Waals surface area contributed by atoms with E-state index in [4.69, 9.17) is 16.8 Å². The average Bonchev–Trinajstić information content (AvgIpc) is 3.92. The number of imidazole rings is 1. The number of fused-ring (bicyclic) bond motifs is 4. The van der Waals surface area contributed by atoms with Crippen molar-refractivity contribution in [3.8, 4) is 39.5 Å². The Hall–Kier alpha value is -4.72. The molecule has 1 saturated carbocycles. The topological polar surface area (TPSA) is 43.6 Å². The SMILES string of the molecule is Cc1ccc2c(n1)sc1c(-c3nc4ccccc4n3-c3c(C(C)C)cc(-c4ccccc4)cc3C(C)C)[c-]ccc12.[2H]C([2H])([2H])c1c[c-]c(-c2cc(C([2H])([2H])C3CCCCC3)[c]([Ge]([CH3])([CH3])[CH3])cn2)cc1.[Ir]. The van der Waals surface area contributed by atoms with Gasteiger partial charge in [0.1, 0.15) is 4.83 Å². The van der Waals surface area contributed by atoms with Gasteiger partial charge in [-0.25, -0.2) is 4.98 Å². The van der Waals surface area contributed by atoms with Crippen LogP contribution in [0.25, 0.3) is 70.8 Å². The van der Waals surface area contributed by atoms with Crippen molar-refractivity contribution in [2.24, 2.45) is 5.92 Å². The first-order valence-electron chi connectivity index (χ1n) is 25.8. The van der Waals surface area contributed by atoms with Gasteiger partial charge in [0, 0.05) is 31.5 Å². The summed E-state index contributed by atoms with van der Waals surface area (Å²) in [6.45, 7) is 9.07. The van der Waals surface area contributed by atoms with Crippen LogP contribution in [0.3, 0.4) is 0 Å². The summed E-state index contributed by atoms with van der Waals surface area (Å²) >= 11 is -0.610. The van der Waals surface area contributed by atoms with Gasteiger partial charge in [0.15, 0.2) is 0 Å². The quantitative estimate of drug-likeness (QED) is 0.107. The predicted octanol–water partition coefficient (Wildman–Crippen LogP) is 16.0. The summed E-state index contributed by atoms with van der Waals surface area (Å²) in [7, 11) is 0. The normalized spacial score (nSPS) is 14.9. The zero-order chi connectivity index (χ0) is 49.7. The van der Waals surface area contributed by atoms with E-state index in [1.54, 1.807) is 23.5 Å². The molecule has 10 rings (SSSR count). The maximum Gasteiger partial charge on any atom is 0 e. The van der Waals surface area contributed by atoms with Crippen molar-refractivity contribution in [1.29, 1.82) is 0 Å². The van der Waals surface area contributed by atoms with E-state index in [-0.39, 0.29) is 31.6 Å². The zero-order valence-corrected chi connectivity index (χ0v) is 44.7. The number of rotatable bonds is 9. The molecule has 1 radical (unpaired) electrons. The van der Waals surface area contributed by atoms with Gasteiger partial charge in [0.05, 0.1) is 16.9 Å². The summed E-state index contributed by atoms with van der Waals surface area (Å²) in [5.74, 6) is 8.41. The molecule has 1 aliphatic carbocycles. The summed E-state index contributed by atoms with van der Waals surface area (Å²) < 4.78 is 45.4. The van der Waals surface area contributed by atoms with Gasteiger partial charge in [0.2, 0.25) is 0 Å². The van der Waals surface area contributed by atoms with Gasteiger partial charge >= 0.3 is 157 Å². The van der Waals surface area contributed by atoms with E-state index in [1.165, 1.54) is 55.9 Å². The van der Waals surface area contributed by atoms with Crippen LogP contribution in [-0.2, 0) is 26.5 Å². The standard InChI is InChI=1S/C37H32N3S.C22H30GeN.Ir/c1-22(2)30-20-26(25-12-7-6-8-13-25)21-31(23(3)4)34(30)40-33-17-10-9-16-32(33)39-36(40)29-15-11-14-27-28-19-18-24(5)38-37(28)41-35(27)29;1-17-10-12-19(13-11-17)22-15-20(14-18-8-6-5-7-9-18)21(16-24-22)23(2,3)4;/h6-14,16-23H,1-5H3;10-12,15-16,18H,5-9,14H2,1-4H3;/q2*-1;/i;1D3,14D2;. The van der Waals surface area contributed by atoms with Crippen LogP contribution in [0.1, 0.15) is 106 Å². The number of benzene rings is 5. The van der Waals surface area contributed by atoms with Gasteiger partial charge in [-0.1, -0.05) is 87.2 Å². The van der Waals surface area contributed by atoms with Gasteiger partial charge in [-0.3, -0.25) is 4.98 Å². The van der Waals surface area contributed by atoms with Crippen LogP contribution in [0.2, 0.25) is 17.3 Å². The van der Waals surface area contributed by atoms with Crippen LogP contribution in [0.5, 0.6) is 0 Å². The molecule has 4 aromatic heterocycles. The second-order valence-electron chi connectivity index (χ2n) is 19.3. The molecule has 5 aromatic carbocycles. The molecule has 0 amide bonds. The molecule has 0 aliphatic heterocycles. The van der Waals surface area contributed by atoms with Crippen molar-refractivity contribution in [2.45, 2.75) is 109 Å². The first-order chi connectivity index (χ1) is 33.3. The maximum atomic E-state index is 9.04. The summed E-state index contributed by atoms with van der Waals surface area (Å²) in [5.41, 5.74) is 12.9. The Morgan fingerprint density at radius 2 is 1.53 bits per heavy atom. The molecule has 4 nitrogen and oxygen atoms in total. The van der Waals surface area contributed by atoms with E-state index < -0.39 is 26.5 Å². The molecule has 1 aliphatic rings. The van der Waals surface area contributed by atoms with Crippen LogP contribution >= 0.6 is 11.3 Å². The van der Waals surface area contributed by atoms with Crippen molar-refractivity contribution in [3.05, 3.63) is 162 Å². The predicted molar refractivity (Wildman–Crippen MR) is 281 cm³/mol. The molecule has 66 heavy (non-hydrogen) atoms. The molecule has 0 bridgehead atoms.